The standard InChI is InChI=1S/C19H19BrN2O2S2/c1-12-5-6-15-14(11-12)13-3-2-4-16-19(13)21(15)9-10-22(16)26(23,24)18-8-7-17(20)25-18/h5-8,11,16H,2-4,9-10H2,1H3. The average molecular weight is 451 g/mol. The number of aromatic nitrogens is 1. The van der Waals surface area contributed by atoms with Gasteiger partial charge in [0, 0.05) is 29.7 Å². The molecule has 0 bridgehead atoms. The minimum Gasteiger partial charge on any atom is -0.341 e. The molecule has 1 aliphatic carbocycles. The number of thiophene rings is 1. The lowest BCUT2D eigenvalue weighted by Crippen LogP contribution is -2.43. The molecule has 1 aromatic carbocycles. The second-order valence-electron chi connectivity index (χ2n) is 7.12. The van der Waals surface area contributed by atoms with E-state index in [-0.39, 0.29) is 6.04 Å². The Bertz CT molecular complexity index is 1130. The molecule has 2 aliphatic rings. The molecule has 0 fully saturated rings. The summed E-state index contributed by atoms with van der Waals surface area (Å²) in [6, 6.07) is 10.1. The first kappa shape index (κ1) is 17.0. The number of nitrogens with zero attached hydrogens (tertiary/aromatic N) is 2. The summed E-state index contributed by atoms with van der Waals surface area (Å²) in [6.07, 6.45) is 2.97. The maximum absolute atomic E-state index is 13.3. The van der Waals surface area contributed by atoms with Gasteiger partial charge in [0.25, 0.3) is 10.0 Å². The molecule has 3 heterocycles. The molecule has 0 saturated carbocycles. The first-order valence-electron chi connectivity index (χ1n) is 8.85. The van der Waals surface area contributed by atoms with Gasteiger partial charge in [-0.2, -0.15) is 4.31 Å². The zero-order valence-electron chi connectivity index (χ0n) is 14.4. The Morgan fingerprint density at radius 1 is 1.19 bits per heavy atom. The van der Waals surface area contributed by atoms with Gasteiger partial charge in [-0.05, 0) is 71.9 Å². The third-order valence-electron chi connectivity index (χ3n) is 5.59. The average Bonchev–Trinajstić information content (AvgIpc) is 3.19. The monoisotopic (exact) mass is 450 g/mol. The summed E-state index contributed by atoms with van der Waals surface area (Å²) in [5.74, 6) is 0. The van der Waals surface area contributed by atoms with Crippen LogP contribution in [0.1, 0.15) is 35.7 Å². The SMILES string of the molecule is Cc1ccc2c(c1)c1c3n2CCN(S(=O)(=O)c2ccc(Br)s2)C3CCC1. The Kier molecular flexibility index (Phi) is 3.87. The topological polar surface area (TPSA) is 42.3 Å². The van der Waals surface area contributed by atoms with Crippen LogP contribution in [0.3, 0.4) is 0 Å². The van der Waals surface area contributed by atoms with Crippen LogP contribution in [-0.4, -0.2) is 23.8 Å². The number of sulfonamides is 1. The molecule has 0 radical (unpaired) electrons. The maximum atomic E-state index is 13.3. The fourth-order valence-electron chi connectivity index (χ4n) is 4.53. The fourth-order valence-corrected chi connectivity index (χ4v) is 8.28. The van der Waals surface area contributed by atoms with Gasteiger partial charge in [-0.25, -0.2) is 8.42 Å². The van der Waals surface area contributed by atoms with E-state index in [0.717, 1.165) is 29.6 Å². The highest BCUT2D eigenvalue weighted by atomic mass is 79.9. The summed E-state index contributed by atoms with van der Waals surface area (Å²) in [6.45, 7) is 3.37. The minimum absolute atomic E-state index is 0.0499. The molecule has 136 valence electrons. The Balaban J connectivity index is 1.68. The van der Waals surface area contributed by atoms with Gasteiger partial charge in [0.15, 0.2) is 0 Å². The number of hydrogen-bond acceptors (Lipinski definition) is 3. The lowest BCUT2D eigenvalue weighted by molar-refractivity contribution is 0.243. The molecule has 5 rings (SSSR count). The van der Waals surface area contributed by atoms with Crippen molar-refractivity contribution in [3.8, 4) is 0 Å². The van der Waals surface area contributed by atoms with E-state index in [1.165, 1.54) is 39.1 Å². The van der Waals surface area contributed by atoms with E-state index in [1.54, 1.807) is 10.4 Å². The van der Waals surface area contributed by atoms with Crippen molar-refractivity contribution < 1.29 is 8.42 Å². The van der Waals surface area contributed by atoms with Gasteiger partial charge in [0.2, 0.25) is 0 Å². The van der Waals surface area contributed by atoms with Gasteiger partial charge >= 0.3 is 0 Å². The number of fused-ring (bicyclic) bond motifs is 3. The minimum atomic E-state index is -3.47. The van der Waals surface area contributed by atoms with Crippen LogP contribution < -0.4 is 0 Å². The summed E-state index contributed by atoms with van der Waals surface area (Å²) >= 11 is 4.68. The normalized spacial score (nSPS) is 20.5. The van der Waals surface area contributed by atoms with Crippen molar-refractivity contribution in [3.63, 3.8) is 0 Å². The second kappa shape index (κ2) is 5.92. The van der Waals surface area contributed by atoms with Crippen molar-refractivity contribution in [1.29, 1.82) is 0 Å². The predicted molar refractivity (Wildman–Crippen MR) is 108 cm³/mol. The lowest BCUT2D eigenvalue weighted by Gasteiger charge is -2.38. The van der Waals surface area contributed by atoms with Crippen molar-refractivity contribution in [1.82, 2.24) is 8.87 Å². The Morgan fingerprint density at radius 3 is 2.81 bits per heavy atom. The molecule has 2 aromatic heterocycles. The van der Waals surface area contributed by atoms with Crippen LogP contribution in [0.2, 0.25) is 0 Å². The molecule has 3 aromatic rings. The van der Waals surface area contributed by atoms with E-state index >= 15 is 0 Å². The van der Waals surface area contributed by atoms with E-state index in [4.69, 9.17) is 0 Å². The molecular formula is C19H19BrN2O2S2. The number of rotatable bonds is 2. The zero-order chi connectivity index (χ0) is 18.1. The zero-order valence-corrected chi connectivity index (χ0v) is 17.6. The summed E-state index contributed by atoms with van der Waals surface area (Å²) in [4.78, 5) is 0. The largest absolute Gasteiger partial charge is 0.341 e. The Morgan fingerprint density at radius 2 is 2.04 bits per heavy atom. The Labute approximate surface area is 165 Å². The van der Waals surface area contributed by atoms with Gasteiger partial charge in [0.05, 0.1) is 9.83 Å². The highest BCUT2D eigenvalue weighted by Crippen LogP contribution is 2.45. The van der Waals surface area contributed by atoms with Crippen molar-refractivity contribution >= 4 is 48.2 Å². The van der Waals surface area contributed by atoms with Gasteiger partial charge in [-0.1, -0.05) is 11.6 Å². The molecule has 1 aliphatic heterocycles. The lowest BCUT2D eigenvalue weighted by atomic mass is 9.90. The Hall–Kier alpha value is -1.15. The molecule has 0 N–H and O–H groups in total. The quantitative estimate of drug-likeness (QED) is 0.559. The van der Waals surface area contributed by atoms with Gasteiger partial charge < -0.3 is 4.57 Å². The summed E-state index contributed by atoms with van der Waals surface area (Å²) in [5.41, 5.74) is 5.09. The highest BCUT2D eigenvalue weighted by Gasteiger charge is 2.41. The van der Waals surface area contributed by atoms with Crippen molar-refractivity contribution in [2.75, 3.05) is 6.54 Å². The second-order valence-corrected chi connectivity index (χ2v) is 11.7. The van der Waals surface area contributed by atoms with E-state index in [0.29, 0.717) is 10.8 Å². The van der Waals surface area contributed by atoms with E-state index < -0.39 is 10.0 Å². The first-order chi connectivity index (χ1) is 12.5. The molecule has 26 heavy (non-hydrogen) atoms. The molecular weight excluding hydrogens is 432 g/mol. The third-order valence-corrected chi connectivity index (χ3v) is 9.59. The van der Waals surface area contributed by atoms with Crippen molar-refractivity contribution in [3.05, 3.63) is 50.9 Å². The summed E-state index contributed by atoms with van der Waals surface area (Å²) in [5, 5.41) is 1.31. The first-order valence-corrected chi connectivity index (χ1v) is 11.9. The van der Waals surface area contributed by atoms with Gasteiger partial charge in [-0.3, -0.25) is 0 Å². The van der Waals surface area contributed by atoms with Crippen LogP contribution in [0, 0.1) is 6.92 Å². The smallest absolute Gasteiger partial charge is 0.253 e. The van der Waals surface area contributed by atoms with E-state index in [1.807, 2.05) is 6.07 Å². The number of halogens is 1. The molecule has 4 nitrogen and oxygen atoms in total. The third kappa shape index (κ3) is 2.37. The molecule has 1 unspecified atom stereocenters. The van der Waals surface area contributed by atoms with Crippen LogP contribution >= 0.6 is 27.3 Å². The van der Waals surface area contributed by atoms with Crippen LogP contribution in [0.4, 0.5) is 0 Å². The van der Waals surface area contributed by atoms with Gasteiger partial charge in [-0.15, -0.1) is 11.3 Å². The number of aryl methyl sites for hydroxylation is 2. The van der Waals surface area contributed by atoms with E-state index in [9.17, 15) is 8.42 Å². The van der Waals surface area contributed by atoms with Gasteiger partial charge in [0.1, 0.15) is 4.21 Å². The maximum Gasteiger partial charge on any atom is 0.253 e. The van der Waals surface area contributed by atoms with Crippen LogP contribution in [0.25, 0.3) is 10.9 Å². The highest BCUT2D eigenvalue weighted by molar-refractivity contribution is 9.11. The number of benzene rings is 1. The number of hydrogen-bond donors (Lipinski definition) is 0. The molecule has 0 amide bonds. The van der Waals surface area contributed by atoms with Crippen molar-refractivity contribution in [2.45, 2.75) is 43.0 Å². The predicted octanol–water partition coefficient (Wildman–Crippen LogP) is 4.86. The molecule has 7 heteroatoms. The molecule has 0 spiro atoms. The summed E-state index contributed by atoms with van der Waals surface area (Å²) in [7, 11) is -3.47. The van der Waals surface area contributed by atoms with Crippen LogP contribution in [-0.2, 0) is 23.0 Å². The van der Waals surface area contributed by atoms with E-state index in [2.05, 4.69) is 45.6 Å². The summed E-state index contributed by atoms with van der Waals surface area (Å²) < 4.78 is 32.0. The molecule has 1 atom stereocenters. The van der Waals surface area contributed by atoms with Crippen LogP contribution in [0.15, 0.2) is 38.3 Å². The van der Waals surface area contributed by atoms with Crippen molar-refractivity contribution in [2.24, 2.45) is 0 Å². The van der Waals surface area contributed by atoms with Crippen LogP contribution in [0.5, 0.6) is 0 Å². The fraction of sp³-hybridized carbons (Fsp3) is 0.368. The molecule has 0 saturated heterocycles.